The molecule has 0 N–H and O–H groups in total. The van der Waals surface area contributed by atoms with Gasteiger partial charge in [-0.1, -0.05) is 13.8 Å². The van der Waals surface area contributed by atoms with E-state index in [1.807, 2.05) is 0 Å². The maximum atomic E-state index is 2.67. The van der Waals surface area contributed by atoms with Crippen LogP contribution in [0.2, 0.25) is 0 Å². The highest BCUT2D eigenvalue weighted by atomic mass is 15.1. The average Bonchev–Trinajstić information content (AvgIpc) is 2.61. The third-order valence-electron chi connectivity index (χ3n) is 3.83. The van der Waals surface area contributed by atoms with E-state index in [9.17, 15) is 0 Å². The van der Waals surface area contributed by atoms with Crippen molar-refractivity contribution in [1.82, 2.24) is 4.90 Å². The molecule has 1 unspecified atom stereocenters. The SMILES string of the molecule is CCCN1CCCC2(C[C@H]2C)C1. The van der Waals surface area contributed by atoms with Crippen LogP contribution in [0.5, 0.6) is 0 Å². The van der Waals surface area contributed by atoms with Crippen LogP contribution in [-0.2, 0) is 0 Å². The monoisotopic (exact) mass is 167 g/mol. The van der Waals surface area contributed by atoms with Crippen molar-refractivity contribution in [2.75, 3.05) is 19.6 Å². The summed E-state index contributed by atoms with van der Waals surface area (Å²) in [6.45, 7) is 8.81. The summed E-state index contributed by atoms with van der Waals surface area (Å²) in [6.07, 6.45) is 5.79. The summed E-state index contributed by atoms with van der Waals surface area (Å²) in [4.78, 5) is 2.67. The fraction of sp³-hybridized carbons (Fsp3) is 1.00. The molecule has 2 atom stereocenters. The summed E-state index contributed by atoms with van der Waals surface area (Å²) in [5, 5.41) is 0. The lowest BCUT2D eigenvalue weighted by Crippen LogP contribution is -2.37. The highest BCUT2D eigenvalue weighted by Crippen LogP contribution is 2.57. The van der Waals surface area contributed by atoms with Crippen LogP contribution in [-0.4, -0.2) is 24.5 Å². The van der Waals surface area contributed by atoms with Gasteiger partial charge < -0.3 is 4.90 Å². The normalized spacial score (nSPS) is 42.0. The summed E-state index contributed by atoms with van der Waals surface area (Å²) in [5.74, 6) is 1.03. The standard InChI is InChI=1S/C11H21N/c1-3-6-12-7-4-5-11(9-12)8-10(11)2/h10H,3-9H2,1-2H3/t10-,11?/m1/s1. The van der Waals surface area contributed by atoms with E-state index in [2.05, 4.69) is 18.7 Å². The molecule has 1 spiro atoms. The lowest BCUT2D eigenvalue weighted by molar-refractivity contribution is 0.152. The first-order valence-electron chi connectivity index (χ1n) is 5.49. The van der Waals surface area contributed by atoms with Crippen molar-refractivity contribution < 1.29 is 0 Å². The number of hydrogen-bond donors (Lipinski definition) is 0. The van der Waals surface area contributed by atoms with Crippen LogP contribution in [0.4, 0.5) is 0 Å². The van der Waals surface area contributed by atoms with E-state index in [0.29, 0.717) is 0 Å². The Bertz CT molecular complexity index is 164. The van der Waals surface area contributed by atoms with Gasteiger partial charge >= 0.3 is 0 Å². The second-order valence-electron chi connectivity index (χ2n) is 4.85. The van der Waals surface area contributed by atoms with Crippen molar-refractivity contribution in [3.63, 3.8) is 0 Å². The Morgan fingerprint density at radius 1 is 1.50 bits per heavy atom. The van der Waals surface area contributed by atoms with Gasteiger partial charge in [0.05, 0.1) is 0 Å². The minimum atomic E-state index is 0.785. The van der Waals surface area contributed by atoms with Gasteiger partial charge in [-0.05, 0) is 50.1 Å². The smallest absolute Gasteiger partial charge is 0.00406 e. The molecule has 2 aliphatic rings. The van der Waals surface area contributed by atoms with Gasteiger partial charge in [0.1, 0.15) is 0 Å². The average molecular weight is 167 g/mol. The number of piperidine rings is 1. The summed E-state index contributed by atoms with van der Waals surface area (Å²) >= 11 is 0. The fourth-order valence-electron chi connectivity index (χ4n) is 2.88. The van der Waals surface area contributed by atoms with Crippen molar-refractivity contribution >= 4 is 0 Å². The van der Waals surface area contributed by atoms with Gasteiger partial charge in [0.2, 0.25) is 0 Å². The third-order valence-corrected chi connectivity index (χ3v) is 3.83. The van der Waals surface area contributed by atoms with E-state index in [-0.39, 0.29) is 0 Å². The number of nitrogens with zero attached hydrogens (tertiary/aromatic N) is 1. The summed E-state index contributed by atoms with van der Waals surface area (Å²) in [7, 11) is 0. The Kier molecular flexibility index (Phi) is 2.16. The van der Waals surface area contributed by atoms with Gasteiger partial charge in [-0.2, -0.15) is 0 Å². The van der Waals surface area contributed by atoms with E-state index in [4.69, 9.17) is 0 Å². The molecule has 0 aromatic heterocycles. The van der Waals surface area contributed by atoms with Crippen molar-refractivity contribution in [1.29, 1.82) is 0 Å². The maximum absolute atomic E-state index is 2.67. The molecule has 0 amide bonds. The van der Waals surface area contributed by atoms with Gasteiger partial charge in [-0.25, -0.2) is 0 Å². The molecule has 0 bridgehead atoms. The molecule has 1 aliphatic carbocycles. The van der Waals surface area contributed by atoms with Crippen LogP contribution < -0.4 is 0 Å². The highest BCUT2D eigenvalue weighted by Gasteiger charge is 2.52. The van der Waals surface area contributed by atoms with Gasteiger partial charge in [-0.15, -0.1) is 0 Å². The highest BCUT2D eigenvalue weighted by molar-refractivity contribution is 5.03. The molecular weight excluding hydrogens is 146 g/mol. The summed E-state index contributed by atoms with van der Waals surface area (Å²) < 4.78 is 0. The van der Waals surface area contributed by atoms with E-state index >= 15 is 0 Å². The van der Waals surface area contributed by atoms with Crippen LogP contribution in [0.15, 0.2) is 0 Å². The summed E-state index contributed by atoms with van der Waals surface area (Å²) in [6, 6.07) is 0. The van der Waals surface area contributed by atoms with E-state index < -0.39 is 0 Å². The molecule has 1 heteroatoms. The van der Waals surface area contributed by atoms with Crippen LogP contribution >= 0.6 is 0 Å². The maximum Gasteiger partial charge on any atom is 0.00406 e. The third kappa shape index (κ3) is 1.39. The van der Waals surface area contributed by atoms with E-state index in [1.54, 1.807) is 0 Å². The lowest BCUT2D eigenvalue weighted by Gasteiger charge is -2.33. The number of rotatable bonds is 2. The zero-order chi connectivity index (χ0) is 8.60. The Morgan fingerprint density at radius 3 is 2.83 bits per heavy atom. The van der Waals surface area contributed by atoms with Crippen LogP contribution in [0.1, 0.15) is 39.5 Å². The van der Waals surface area contributed by atoms with Gasteiger partial charge in [0.25, 0.3) is 0 Å². The molecule has 1 saturated heterocycles. The molecular formula is C11H21N. The van der Waals surface area contributed by atoms with Crippen molar-refractivity contribution in [3.05, 3.63) is 0 Å². The molecule has 1 saturated carbocycles. The molecule has 2 fully saturated rings. The summed E-state index contributed by atoms with van der Waals surface area (Å²) in [5.41, 5.74) is 0.785. The fourth-order valence-corrected chi connectivity index (χ4v) is 2.88. The Labute approximate surface area is 76.1 Å². The van der Waals surface area contributed by atoms with Gasteiger partial charge in [-0.3, -0.25) is 0 Å². The molecule has 1 nitrogen and oxygen atoms in total. The molecule has 2 rings (SSSR count). The van der Waals surface area contributed by atoms with E-state index in [0.717, 1.165) is 11.3 Å². The first-order chi connectivity index (χ1) is 5.77. The lowest BCUT2D eigenvalue weighted by atomic mass is 9.92. The molecule has 12 heavy (non-hydrogen) atoms. The number of hydrogen-bond acceptors (Lipinski definition) is 1. The van der Waals surface area contributed by atoms with Crippen LogP contribution in [0, 0.1) is 11.3 Å². The van der Waals surface area contributed by atoms with E-state index in [1.165, 1.54) is 45.3 Å². The first kappa shape index (κ1) is 8.55. The molecule has 70 valence electrons. The van der Waals surface area contributed by atoms with Crippen molar-refractivity contribution in [2.24, 2.45) is 11.3 Å². The quantitative estimate of drug-likeness (QED) is 0.611. The minimum Gasteiger partial charge on any atom is -0.303 e. The van der Waals surface area contributed by atoms with Gasteiger partial charge in [0.15, 0.2) is 0 Å². The predicted molar refractivity (Wildman–Crippen MR) is 52.2 cm³/mol. The topological polar surface area (TPSA) is 3.24 Å². The Hall–Kier alpha value is -0.0400. The molecule has 0 aromatic rings. The second-order valence-corrected chi connectivity index (χ2v) is 4.85. The Morgan fingerprint density at radius 2 is 2.25 bits per heavy atom. The van der Waals surface area contributed by atoms with Crippen LogP contribution in [0.3, 0.4) is 0 Å². The number of likely N-dealkylation sites (tertiary alicyclic amines) is 1. The molecule has 1 heterocycles. The molecule has 0 aromatic carbocycles. The van der Waals surface area contributed by atoms with Crippen molar-refractivity contribution in [2.45, 2.75) is 39.5 Å². The van der Waals surface area contributed by atoms with Crippen molar-refractivity contribution in [3.8, 4) is 0 Å². The minimum absolute atomic E-state index is 0.785. The Balaban J connectivity index is 1.87. The second kappa shape index (κ2) is 3.02. The largest absolute Gasteiger partial charge is 0.303 e. The zero-order valence-corrected chi connectivity index (χ0v) is 8.47. The molecule has 0 radical (unpaired) electrons. The van der Waals surface area contributed by atoms with Gasteiger partial charge in [0, 0.05) is 6.54 Å². The zero-order valence-electron chi connectivity index (χ0n) is 8.47. The predicted octanol–water partition coefficient (Wildman–Crippen LogP) is 2.52. The molecule has 1 aliphatic heterocycles. The first-order valence-corrected chi connectivity index (χ1v) is 5.49. The van der Waals surface area contributed by atoms with Crippen LogP contribution in [0.25, 0.3) is 0 Å².